The topological polar surface area (TPSA) is 95.3 Å². The van der Waals surface area contributed by atoms with Gasteiger partial charge in [0.25, 0.3) is 5.56 Å². The zero-order valence-electron chi connectivity index (χ0n) is 17.9. The Morgan fingerprint density at radius 2 is 1.94 bits per heavy atom. The van der Waals surface area contributed by atoms with E-state index in [9.17, 15) is 9.59 Å². The molecule has 1 amide bonds. The number of amides is 1. The maximum absolute atomic E-state index is 13.0. The van der Waals surface area contributed by atoms with Crippen LogP contribution in [0.3, 0.4) is 0 Å². The van der Waals surface area contributed by atoms with E-state index in [-0.39, 0.29) is 12.5 Å². The summed E-state index contributed by atoms with van der Waals surface area (Å²) in [6.07, 6.45) is 0. The van der Waals surface area contributed by atoms with E-state index in [4.69, 9.17) is 9.47 Å². The predicted octanol–water partition coefficient (Wildman–Crippen LogP) is 3.87. The van der Waals surface area contributed by atoms with E-state index in [1.54, 1.807) is 31.4 Å². The third kappa shape index (κ3) is 4.47. The summed E-state index contributed by atoms with van der Waals surface area (Å²) in [4.78, 5) is 30.0. The van der Waals surface area contributed by atoms with Crippen LogP contribution in [0.1, 0.15) is 11.9 Å². The molecule has 0 fully saturated rings. The number of rotatable bonds is 7. The highest BCUT2D eigenvalue weighted by atomic mass is 32.1. The second-order valence-corrected chi connectivity index (χ2v) is 8.16. The zero-order chi connectivity index (χ0) is 22.7. The van der Waals surface area contributed by atoms with Crippen molar-refractivity contribution in [3.63, 3.8) is 0 Å². The number of hydrogen-bond acceptors (Lipinski definition) is 7. The first-order valence-electron chi connectivity index (χ1n) is 10.0. The van der Waals surface area contributed by atoms with E-state index in [1.807, 2.05) is 38.1 Å². The minimum absolute atomic E-state index is 0.241. The molecule has 2 aromatic carbocycles. The number of benzene rings is 2. The molecule has 4 aromatic rings. The summed E-state index contributed by atoms with van der Waals surface area (Å²) in [5.74, 6) is 1.02. The number of nitrogens with zero attached hydrogens (tertiary/aromatic N) is 3. The number of aromatic nitrogens is 3. The highest BCUT2D eigenvalue weighted by molar-refractivity contribution is 7.19. The van der Waals surface area contributed by atoms with Gasteiger partial charge in [0.2, 0.25) is 5.91 Å². The molecule has 4 rings (SSSR count). The van der Waals surface area contributed by atoms with E-state index in [0.717, 1.165) is 21.0 Å². The van der Waals surface area contributed by atoms with E-state index in [1.165, 1.54) is 11.3 Å². The van der Waals surface area contributed by atoms with E-state index in [2.05, 4.69) is 15.4 Å². The van der Waals surface area contributed by atoms with Crippen LogP contribution in [0.4, 0.5) is 5.69 Å². The molecule has 32 heavy (non-hydrogen) atoms. The van der Waals surface area contributed by atoms with E-state index >= 15 is 0 Å². The van der Waals surface area contributed by atoms with Gasteiger partial charge in [-0.25, -0.2) is 9.67 Å². The van der Waals surface area contributed by atoms with Crippen molar-refractivity contribution in [2.45, 2.75) is 20.4 Å². The molecule has 0 aliphatic carbocycles. The van der Waals surface area contributed by atoms with Crippen LogP contribution in [0.15, 0.2) is 53.3 Å². The van der Waals surface area contributed by atoms with Gasteiger partial charge in [0.1, 0.15) is 23.7 Å². The molecule has 0 radical (unpaired) electrons. The summed E-state index contributed by atoms with van der Waals surface area (Å²) < 4.78 is 12.6. The highest BCUT2D eigenvalue weighted by Gasteiger charge is 2.18. The Hall–Kier alpha value is -3.72. The monoisotopic (exact) mass is 450 g/mol. The lowest BCUT2D eigenvalue weighted by molar-refractivity contribution is -0.117. The molecular weight excluding hydrogens is 428 g/mol. The number of aryl methyl sites for hydroxylation is 1. The van der Waals surface area contributed by atoms with E-state index < -0.39 is 5.56 Å². The number of carbonyl (C=O) groups excluding carboxylic acids is 1. The summed E-state index contributed by atoms with van der Waals surface area (Å²) in [6, 6.07) is 14.4. The summed E-state index contributed by atoms with van der Waals surface area (Å²) in [6.45, 7) is 4.06. The van der Waals surface area contributed by atoms with Crippen molar-refractivity contribution in [1.29, 1.82) is 0 Å². The Morgan fingerprint density at radius 1 is 1.16 bits per heavy atom. The summed E-state index contributed by atoms with van der Waals surface area (Å²) in [5.41, 5.74) is 1.86. The van der Waals surface area contributed by atoms with E-state index in [0.29, 0.717) is 34.0 Å². The van der Waals surface area contributed by atoms with Gasteiger partial charge in [-0.15, -0.1) is 11.3 Å². The standard InChI is InChI=1S/C23H22N4O4S/c1-4-31-17-10-8-16(9-11-17)25-19(28)13-27-23(29)21-22(32-14(2)24-21)20(26-27)15-6-5-7-18(12-15)30-3/h5-12H,4,13H2,1-3H3,(H,25,28). The highest BCUT2D eigenvalue weighted by Crippen LogP contribution is 2.31. The fourth-order valence-corrected chi connectivity index (χ4v) is 4.19. The number of methoxy groups -OCH3 is 1. The maximum atomic E-state index is 13.0. The van der Waals surface area contributed by atoms with Crippen LogP contribution in [-0.2, 0) is 11.3 Å². The lowest BCUT2D eigenvalue weighted by Crippen LogP contribution is -2.30. The number of fused-ring (bicyclic) bond motifs is 1. The molecule has 1 N–H and O–H groups in total. The third-order valence-corrected chi connectivity index (χ3v) is 5.67. The molecule has 0 unspecified atom stereocenters. The first kappa shape index (κ1) is 21.5. The van der Waals surface area contributed by atoms with Crippen LogP contribution in [0.25, 0.3) is 21.5 Å². The first-order chi connectivity index (χ1) is 15.5. The van der Waals surface area contributed by atoms with Gasteiger partial charge in [0.05, 0.1) is 23.4 Å². The minimum atomic E-state index is -0.405. The number of carbonyl (C=O) groups is 1. The Balaban J connectivity index is 1.67. The third-order valence-electron chi connectivity index (χ3n) is 4.69. The van der Waals surface area contributed by atoms with Gasteiger partial charge in [-0.2, -0.15) is 5.10 Å². The van der Waals surface area contributed by atoms with Crippen LogP contribution >= 0.6 is 11.3 Å². The molecule has 0 aliphatic heterocycles. The molecule has 2 heterocycles. The van der Waals surface area contributed by atoms with Crippen LogP contribution in [0, 0.1) is 6.92 Å². The zero-order valence-corrected chi connectivity index (χ0v) is 18.7. The van der Waals surface area contributed by atoms with Gasteiger partial charge < -0.3 is 14.8 Å². The second kappa shape index (κ2) is 9.19. The number of hydrogen-bond donors (Lipinski definition) is 1. The van der Waals surface area contributed by atoms with Crippen molar-refractivity contribution in [1.82, 2.24) is 14.8 Å². The fraction of sp³-hybridized carbons (Fsp3) is 0.217. The van der Waals surface area contributed by atoms with Gasteiger partial charge in [-0.05, 0) is 50.2 Å². The van der Waals surface area contributed by atoms with Crippen molar-refractivity contribution in [2.75, 3.05) is 19.0 Å². The Morgan fingerprint density at radius 3 is 2.66 bits per heavy atom. The van der Waals surface area contributed by atoms with Gasteiger partial charge in [0, 0.05) is 11.3 Å². The number of nitrogens with one attached hydrogen (secondary N) is 1. The van der Waals surface area contributed by atoms with Gasteiger partial charge >= 0.3 is 0 Å². The summed E-state index contributed by atoms with van der Waals surface area (Å²) in [7, 11) is 1.59. The predicted molar refractivity (Wildman–Crippen MR) is 125 cm³/mol. The average Bonchev–Trinajstić information content (AvgIpc) is 3.19. The molecular formula is C23H22N4O4S. The smallest absolute Gasteiger partial charge is 0.294 e. The molecule has 8 nitrogen and oxygen atoms in total. The van der Waals surface area contributed by atoms with Crippen molar-refractivity contribution >= 4 is 33.1 Å². The van der Waals surface area contributed by atoms with Gasteiger partial charge in [-0.1, -0.05) is 12.1 Å². The number of thiazole rings is 1. The summed E-state index contributed by atoms with van der Waals surface area (Å²) >= 11 is 1.40. The summed E-state index contributed by atoms with van der Waals surface area (Å²) in [5, 5.41) is 8.05. The molecule has 0 atom stereocenters. The van der Waals surface area contributed by atoms with Crippen LogP contribution < -0.4 is 20.3 Å². The van der Waals surface area contributed by atoms with Crippen molar-refractivity contribution in [3.8, 4) is 22.8 Å². The van der Waals surface area contributed by atoms with Gasteiger partial charge in [0.15, 0.2) is 5.52 Å². The molecule has 9 heteroatoms. The van der Waals surface area contributed by atoms with Crippen LogP contribution in [-0.4, -0.2) is 34.4 Å². The second-order valence-electron chi connectivity index (χ2n) is 6.96. The van der Waals surface area contributed by atoms with Crippen LogP contribution in [0.5, 0.6) is 11.5 Å². The molecule has 0 saturated heterocycles. The Kier molecular flexibility index (Phi) is 6.18. The minimum Gasteiger partial charge on any atom is -0.497 e. The normalized spacial score (nSPS) is 10.8. The molecule has 164 valence electrons. The fourth-order valence-electron chi connectivity index (χ4n) is 3.27. The number of anilines is 1. The van der Waals surface area contributed by atoms with Crippen molar-refractivity contribution < 1.29 is 14.3 Å². The molecule has 0 spiro atoms. The molecule has 0 bridgehead atoms. The molecule has 2 aromatic heterocycles. The quantitative estimate of drug-likeness (QED) is 0.459. The lowest BCUT2D eigenvalue weighted by atomic mass is 10.1. The molecule has 0 aliphatic rings. The largest absolute Gasteiger partial charge is 0.497 e. The maximum Gasteiger partial charge on any atom is 0.294 e. The SMILES string of the molecule is CCOc1ccc(NC(=O)Cn2nc(-c3cccc(OC)c3)c3sc(C)nc3c2=O)cc1. The molecule has 0 saturated carbocycles. The van der Waals surface area contributed by atoms with Crippen molar-refractivity contribution in [3.05, 3.63) is 63.9 Å². The van der Waals surface area contributed by atoms with Gasteiger partial charge in [-0.3, -0.25) is 9.59 Å². The van der Waals surface area contributed by atoms with Crippen LogP contribution in [0.2, 0.25) is 0 Å². The number of ether oxygens (including phenoxy) is 2. The Bertz CT molecular complexity index is 1330. The Labute approximate surface area is 188 Å². The lowest BCUT2D eigenvalue weighted by Gasteiger charge is -2.10. The average molecular weight is 451 g/mol. The van der Waals surface area contributed by atoms with Crippen molar-refractivity contribution in [2.24, 2.45) is 0 Å². The first-order valence-corrected chi connectivity index (χ1v) is 10.9.